The molecule has 0 radical (unpaired) electrons. The molecule has 6 aliphatic heterocycles. The number of ether oxygens (including phenoxy) is 12. The van der Waals surface area contributed by atoms with Gasteiger partial charge in [0, 0.05) is 0 Å². The molecule has 9 fully saturated rings. The first-order valence-electron chi connectivity index (χ1n) is 33.3. The number of hydrogen-bond donors (Lipinski definition) is 15. The number of fused-ring (bicyclic) bond motifs is 5. The summed E-state index contributed by atoms with van der Waals surface area (Å²) in [5.41, 5.74) is -0.700. The Bertz CT molecular complexity index is 2650. The Balaban J connectivity index is 0.0000106. The Kier molecular flexibility index (Phi) is 25.7. The third kappa shape index (κ3) is 16.0. The molecule has 6 saturated heterocycles. The molecular formula is C62H103NaO31S. The molecule has 0 spiro atoms. The van der Waals surface area contributed by atoms with Crippen LogP contribution in [0.1, 0.15) is 127 Å². The third-order valence-electron chi connectivity index (χ3n) is 22.6. The van der Waals surface area contributed by atoms with Crippen molar-refractivity contribution in [3.63, 3.8) is 0 Å². The number of hydrogen-bond acceptors (Lipinski definition) is 31. The van der Waals surface area contributed by atoms with Gasteiger partial charge >= 0.3 is 29.6 Å². The largest absolute Gasteiger partial charge is 1.00 e. The van der Waals surface area contributed by atoms with Crippen LogP contribution in [0, 0.1) is 40.4 Å². The van der Waals surface area contributed by atoms with Gasteiger partial charge in [-0.05, 0) is 126 Å². The second kappa shape index (κ2) is 31.1. The molecule has 31 nitrogen and oxygen atoms in total. The Hall–Kier alpha value is -0.470. The van der Waals surface area contributed by atoms with Crippen LogP contribution in [0.2, 0.25) is 0 Å². The van der Waals surface area contributed by atoms with E-state index in [-0.39, 0.29) is 65.6 Å². The van der Waals surface area contributed by atoms with Gasteiger partial charge in [-0.1, -0.05) is 52.2 Å². The third-order valence-corrected chi connectivity index (χ3v) is 23.1. The summed E-state index contributed by atoms with van der Waals surface area (Å²) in [5.74, 6) is -0.0516. The van der Waals surface area contributed by atoms with Crippen molar-refractivity contribution in [3.05, 3.63) is 11.6 Å². The summed E-state index contributed by atoms with van der Waals surface area (Å²) in [7, 11) is -5.13. The van der Waals surface area contributed by atoms with E-state index in [4.69, 9.17) is 61.0 Å². The van der Waals surface area contributed by atoms with Gasteiger partial charge in [-0.2, -0.15) is 0 Å². The van der Waals surface area contributed by atoms with Crippen molar-refractivity contribution in [2.75, 3.05) is 13.2 Å². The van der Waals surface area contributed by atoms with Gasteiger partial charge in [-0.25, -0.2) is 8.42 Å². The zero-order valence-corrected chi connectivity index (χ0v) is 58.3. The summed E-state index contributed by atoms with van der Waals surface area (Å²) in [6, 6.07) is 0. The topological polar surface area (TPSA) is 481 Å². The summed E-state index contributed by atoms with van der Waals surface area (Å²) in [5, 5.41) is 169. The number of aliphatic hydroxyl groups excluding tert-OH is 14. The van der Waals surface area contributed by atoms with Crippen LogP contribution >= 0.6 is 0 Å². The molecule has 1 unspecified atom stereocenters. The second-order valence-electron chi connectivity index (χ2n) is 29.4. The van der Waals surface area contributed by atoms with Crippen molar-refractivity contribution >= 4 is 10.4 Å². The molecule has 33 heteroatoms. The molecule has 0 aromatic carbocycles. The van der Waals surface area contributed by atoms with Crippen LogP contribution in [0.15, 0.2) is 11.6 Å². The van der Waals surface area contributed by atoms with Crippen LogP contribution < -0.4 is 29.6 Å². The number of rotatable bonds is 20. The van der Waals surface area contributed by atoms with Gasteiger partial charge < -0.3 is 138 Å². The SMILES string of the molecule is CC(C)CCC[C@](C)(O)[C@H]1CC[C@H]2[C@@H]3C[C@H](O[C@@H]4O[C@H](C)[C@@H](O)[C@H](O[C@@H]5OC[C@@H](O[C@@H]6O[C@H](C)[C@H](O)[C@H](O)[C@H]6O[C@@H]6O[C@H](C)[C@H](O)[C@H](O[C@@H]7O[C@H](CO)[C@H](O)[C@H](O)[C@H]7O)[C@H]6O)[C@H](O)[C@H]5O[C@@H]5O[C@H](C)[C@@H](O)[C@H](O)[C@H]5O)[C@H]4O)C4C[C@@H](OS(=O)(=O)[O-])CC[C@]4(C)C3=CC[C@@]21C.[Na+]. The molecule has 38 atom stereocenters. The predicted molar refractivity (Wildman–Crippen MR) is 315 cm³/mol. The molecule has 6 heterocycles. The number of allylic oxidation sites excluding steroid dienone is 2. The standard InChI is InChI=1S/C62H104O31S.Na/c1-23(2)11-10-16-62(9,77)36-13-12-30-29-20-33(32-19-28(93-94(78,79)80)14-17-60(32,7)31(29)15-18-61(30,36)8)86-56-48(75)51(40(67)26(5)83-56)90-58-52(91-54-46(73)43(70)37(64)24(3)82-54)42(69)35(22-81-58)88-59-53(45(72)38(65)25(4)85-59)92-57-49(76)50(39(66)27(6)84-57)89-55-47(74)44(71)41(68)34(21-63)87-55;/h15,23-30,32-59,63-77H,10-14,16-22H2,1-9H3,(H,78,79,80);/q;+1/p-1/t24-,25-,26-,27-,28+,29+,30+,32?,33+,34-,35-,36+,37-,38+,39+,40-,41+,42+,43+,44+,45+,46-,47-,48-,49-,50+,51+,52-,53-,54+,55+,56+,57+,58+,59+,60-,61+,62+;/m1./s1. The summed E-state index contributed by atoms with van der Waals surface area (Å²) < 4.78 is 115. The van der Waals surface area contributed by atoms with Gasteiger partial charge in [0.1, 0.15) is 116 Å². The van der Waals surface area contributed by atoms with Crippen molar-refractivity contribution < 1.29 is 180 Å². The molecule has 0 aromatic heterocycles. The zero-order valence-electron chi connectivity index (χ0n) is 55.5. The van der Waals surface area contributed by atoms with E-state index in [9.17, 15) is 89.6 Å². The Morgan fingerprint density at radius 3 is 1.65 bits per heavy atom. The van der Waals surface area contributed by atoms with E-state index in [1.54, 1.807) is 0 Å². The normalized spacial score (nSPS) is 51.9. The Labute approximate surface area is 575 Å². The average molecular weight is 1400 g/mol. The van der Waals surface area contributed by atoms with E-state index in [0.29, 0.717) is 31.6 Å². The van der Waals surface area contributed by atoms with Crippen molar-refractivity contribution in [2.45, 2.75) is 322 Å². The number of aliphatic hydroxyl groups is 15. The van der Waals surface area contributed by atoms with E-state index in [0.717, 1.165) is 25.7 Å². The molecule has 3 saturated carbocycles. The molecule has 0 amide bonds. The minimum atomic E-state index is -5.13. The maximum atomic E-state index is 12.5. The maximum Gasteiger partial charge on any atom is 1.00 e. The van der Waals surface area contributed by atoms with E-state index in [1.807, 2.05) is 6.92 Å². The monoisotopic (exact) mass is 1400 g/mol. The molecule has 0 aromatic rings. The summed E-state index contributed by atoms with van der Waals surface area (Å²) in [6.45, 7) is 14.7. The quantitative estimate of drug-likeness (QED) is 0.0233. The molecule has 95 heavy (non-hydrogen) atoms. The molecule has 544 valence electrons. The van der Waals surface area contributed by atoms with Crippen LogP contribution in [0.3, 0.4) is 0 Å². The molecule has 10 aliphatic rings. The van der Waals surface area contributed by atoms with Crippen LogP contribution in [-0.2, 0) is 71.4 Å². The average Bonchev–Trinajstić information content (AvgIpc) is 1.68. The smallest absolute Gasteiger partial charge is 0.726 e. The van der Waals surface area contributed by atoms with Crippen molar-refractivity contribution in [3.8, 4) is 0 Å². The van der Waals surface area contributed by atoms with Crippen LogP contribution in [0.4, 0.5) is 0 Å². The second-order valence-corrected chi connectivity index (χ2v) is 30.4. The van der Waals surface area contributed by atoms with E-state index >= 15 is 0 Å². The zero-order chi connectivity index (χ0) is 68.7. The van der Waals surface area contributed by atoms with Crippen LogP contribution in [-0.4, -0.2) is 299 Å². The molecule has 0 bridgehead atoms. The van der Waals surface area contributed by atoms with E-state index in [2.05, 4.69) is 33.8 Å². The Morgan fingerprint density at radius 2 is 1.07 bits per heavy atom. The van der Waals surface area contributed by atoms with Gasteiger partial charge in [0.2, 0.25) is 10.4 Å². The predicted octanol–water partition coefficient (Wildman–Crippen LogP) is -6.34. The summed E-state index contributed by atoms with van der Waals surface area (Å²) in [6.07, 6.45) is -43.6. The van der Waals surface area contributed by atoms with E-state index < -0.39 is 231 Å². The molecule has 15 N–H and O–H groups in total. The minimum Gasteiger partial charge on any atom is -0.726 e. The van der Waals surface area contributed by atoms with Crippen molar-refractivity contribution in [1.82, 2.24) is 0 Å². The summed E-state index contributed by atoms with van der Waals surface area (Å²) >= 11 is 0. The first kappa shape index (κ1) is 78.7. The fourth-order valence-electron chi connectivity index (χ4n) is 17.2. The fourth-order valence-corrected chi connectivity index (χ4v) is 17.7. The molecule has 4 aliphatic carbocycles. The molecular weight excluding hydrogens is 1300 g/mol. The summed E-state index contributed by atoms with van der Waals surface area (Å²) in [4.78, 5) is 0. The first-order chi connectivity index (χ1) is 44.0. The van der Waals surface area contributed by atoms with Crippen molar-refractivity contribution in [1.29, 1.82) is 0 Å². The van der Waals surface area contributed by atoms with E-state index in [1.165, 1.54) is 33.3 Å². The molecule has 10 rings (SSSR count). The minimum absolute atomic E-state index is 0. The van der Waals surface area contributed by atoms with Gasteiger partial charge in [-0.3, -0.25) is 4.18 Å². The Morgan fingerprint density at radius 1 is 0.579 bits per heavy atom. The van der Waals surface area contributed by atoms with Crippen LogP contribution in [0.25, 0.3) is 0 Å². The van der Waals surface area contributed by atoms with Gasteiger partial charge in [0.15, 0.2) is 37.7 Å². The maximum absolute atomic E-state index is 12.5. The fraction of sp³-hybridized carbons (Fsp3) is 0.968. The van der Waals surface area contributed by atoms with Gasteiger partial charge in [0.25, 0.3) is 0 Å². The van der Waals surface area contributed by atoms with Crippen LogP contribution in [0.5, 0.6) is 0 Å². The van der Waals surface area contributed by atoms with Gasteiger partial charge in [-0.15, -0.1) is 0 Å². The van der Waals surface area contributed by atoms with Gasteiger partial charge in [0.05, 0.1) is 55.4 Å². The van der Waals surface area contributed by atoms with Crippen molar-refractivity contribution in [2.24, 2.45) is 40.4 Å². The first-order valence-corrected chi connectivity index (χ1v) is 34.7.